The lowest BCUT2D eigenvalue weighted by Crippen LogP contribution is -2.18. The average Bonchev–Trinajstić information content (AvgIpc) is 2.17. The molecule has 0 saturated carbocycles. The van der Waals surface area contributed by atoms with Gasteiger partial charge in [0.25, 0.3) is 12.3 Å². The molecule has 1 heterocycles. The van der Waals surface area contributed by atoms with Crippen LogP contribution < -0.4 is 5.32 Å². The number of carbonyl (C=O) groups is 1. The van der Waals surface area contributed by atoms with Crippen molar-refractivity contribution in [1.29, 1.82) is 0 Å². The van der Waals surface area contributed by atoms with Crippen LogP contribution in [0.3, 0.4) is 0 Å². The Balaban J connectivity index is 2.98. The van der Waals surface area contributed by atoms with E-state index in [-0.39, 0.29) is 5.56 Å². The molecule has 1 rings (SSSR count). The Labute approximate surface area is 73.0 Å². The van der Waals surface area contributed by atoms with Gasteiger partial charge in [0.1, 0.15) is 5.69 Å². The van der Waals surface area contributed by atoms with E-state index in [4.69, 9.17) is 0 Å². The number of hydrogen-bond donors (Lipinski definition) is 1. The Morgan fingerprint density at radius 2 is 2.31 bits per heavy atom. The second-order valence-corrected chi connectivity index (χ2v) is 2.25. The van der Waals surface area contributed by atoms with Gasteiger partial charge in [-0.1, -0.05) is 0 Å². The number of carbonyl (C=O) groups excluding carboxylic acids is 1. The highest BCUT2D eigenvalue weighted by atomic mass is 19.3. The minimum absolute atomic E-state index is 0.0767. The minimum atomic E-state index is -2.71. The fourth-order valence-electron chi connectivity index (χ4n) is 0.758. The Kier molecular flexibility index (Phi) is 2.84. The van der Waals surface area contributed by atoms with Crippen LogP contribution in [0.15, 0.2) is 12.3 Å². The van der Waals surface area contributed by atoms with Gasteiger partial charge in [0.2, 0.25) is 0 Å². The summed E-state index contributed by atoms with van der Waals surface area (Å²) in [5.41, 5.74) is -0.422. The normalized spacial score (nSPS) is 10.2. The van der Waals surface area contributed by atoms with E-state index in [1.807, 2.05) is 0 Å². The Morgan fingerprint density at radius 3 is 2.85 bits per heavy atom. The van der Waals surface area contributed by atoms with E-state index in [2.05, 4.69) is 15.5 Å². The molecule has 1 N–H and O–H groups in total. The molecule has 0 bridgehead atoms. The van der Waals surface area contributed by atoms with Crippen molar-refractivity contribution in [3.05, 3.63) is 23.5 Å². The van der Waals surface area contributed by atoms with E-state index in [0.717, 1.165) is 12.3 Å². The molecule has 1 aromatic heterocycles. The SMILES string of the molecule is CNC(=O)c1cnnc(C(F)F)c1. The monoisotopic (exact) mass is 187 g/mol. The first-order valence-corrected chi connectivity index (χ1v) is 3.48. The molecule has 0 atom stereocenters. The van der Waals surface area contributed by atoms with Crippen molar-refractivity contribution in [1.82, 2.24) is 15.5 Å². The number of nitrogens with one attached hydrogen (secondary N) is 1. The van der Waals surface area contributed by atoms with Crippen LogP contribution in [-0.4, -0.2) is 23.2 Å². The van der Waals surface area contributed by atoms with Crippen molar-refractivity contribution in [2.75, 3.05) is 7.05 Å². The number of halogens is 2. The van der Waals surface area contributed by atoms with E-state index in [1.54, 1.807) is 0 Å². The van der Waals surface area contributed by atoms with Gasteiger partial charge >= 0.3 is 0 Å². The van der Waals surface area contributed by atoms with Crippen LogP contribution in [0.1, 0.15) is 22.5 Å². The van der Waals surface area contributed by atoms with Gasteiger partial charge in [-0.05, 0) is 6.07 Å². The summed E-state index contributed by atoms with van der Waals surface area (Å²) >= 11 is 0. The summed E-state index contributed by atoms with van der Waals surface area (Å²) in [7, 11) is 1.41. The first-order chi connectivity index (χ1) is 6.15. The fraction of sp³-hybridized carbons (Fsp3) is 0.286. The lowest BCUT2D eigenvalue weighted by molar-refractivity contribution is 0.0961. The topological polar surface area (TPSA) is 54.9 Å². The summed E-state index contributed by atoms with van der Waals surface area (Å²) in [6.07, 6.45) is -1.58. The maximum absolute atomic E-state index is 12.1. The minimum Gasteiger partial charge on any atom is -0.355 e. The van der Waals surface area contributed by atoms with Crippen LogP contribution in [-0.2, 0) is 0 Å². The van der Waals surface area contributed by atoms with Crippen molar-refractivity contribution in [3.8, 4) is 0 Å². The molecule has 0 spiro atoms. The predicted octanol–water partition coefficient (Wildman–Crippen LogP) is 0.774. The van der Waals surface area contributed by atoms with Gasteiger partial charge in [-0.2, -0.15) is 5.10 Å². The predicted molar refractivity (Wildman–Crippen MR) is 40.4 cm³/mol. The van der Waals surface area contributed by atoms with Crippen molar-refractivity contribution in [2.24, 2.45) is 0 Å². The van der Waals surface area contributed by atoms with Crippen LogP contribution in [0.4, 0.5) is 8.78 Å². The summed E-state index contributed by atoms with van der Waals surface area (Å²) in [4.78, 5) is 11.0. The Hall–Kier alpha value is -1.59. The molecule has 0 aliphatic carbocycles. The zero-order chi connectivity index (χ0) is 9.84. The van der Waals surface area contributed by atoms with Gasteiger partial charge in [0.15, 0.2) is 0 Å². The molecule has 6 heteroatoms. The lowest BCUT2D eigenvalue weighted by Gasteiger charge is -2.00. The third-order valence-electron chi connectivity index (χ3n) is 1.39. The summed E-state index contributed by atoms with van der Waals surface area (Å²) in [5.74, 6) is -0.461. The smallest absolute Gasteiger partial charge is 0.282 e. The van der Waals surface area contributed by atoms with E-state index in [0.29, 0.717) is 0 Å². The quantitative estimate of drug-likeness (QED) is 0.744. The maximum Gasteiger partial charge on any atom is 0.282 e. The average molecular weight is 187 g/mol. The molecular formula is C7H7F2N3O. The van der Waals surface area contributed by atoms with Crippen LogP contribution in [0.5, 0.6) is 0 Å². The summed E-state index contributed by atoms with van der Waals surface area (Å²) < 4.78 is 24.2. The first kappa shape index (κ1) is 9.50. The molecule has 0 unspecified atom stereocenters. The second kappa shape index (κ2) is 3.88. The standard InChI is InChI=1S/C7H7F2N3O/c1-10-7(13)4-2-5(6(8)9)12-11-3-4/h2-3,6H,1H3,(H,10,13). The summed E-state index contributed by atoms with van der Waals surface area (Å²) in [6.45, 7) is 0. The molecule has 0 saturated heterocycles. The van der Waals surface area contributed by atoms with Gasteiger partial charge in [0.05, 0.1) is 11.8 Å². The van der Waals surface area contributed by atoms with Crippen LogP contribution in [0.2, 0.25) is 0 Å². The van der Waals surface area contributed by atoms with Crippen molar-refractivity contribution >= 4 is 5.91 Å². The highest BCUT2D eigenvalue weighted by Gasteiger charge is 2.12. The number of aromatic nitrogens is 2. The lowest BCUT2D eigenvalue weighted by atomic mass is 10.2. The van der Waals surface area contributed by atoms with Gasteiger partial charge < -0.3 is 5.32 Å². The van der Waals surface area contributed by atoms with Crippen molar-refractivity contribution in [3.63, 3.8) is 0 Å². The maximum atomic E-state index is 12.1. The van der Waals surface area contributed by atoms with Crippen molar-refractivity contribution < 1.29 is 13.6 Å². The number of alkyl halides is 2. The zero-order valence-electron chi connectivity index (χ0n) is 6.79. The summed E-state index contributed by atoms with van der Waals surface area (Å²) in [6, 6.07) is 1.01. The molecule has 0 radical (unpaired) electrons. The molecule has 1 aromatic rings. The van der Waals surface area contributed by atoms with Crippen molar-refractivity contribution in [2.45, 2.75) is 6.43 Å². The first-order valence-electron chi connectivity index (χ1n) is 3.48. The molecule has 0 aliphatic rings. The third kappa shape index (κ3) is 2.17. The molecule has 0 aromatic carbocycles. The highest BCUT2D eigenvalue weighted by molar-refractivity contribution is 5.93. The van der Waals surface area contributed by atoms with E-state index in [9.17, 15) is 13.6 Å². The van der Waals surface area contributed by atoms with Crippen LogP contribution >= 0.6 is 0 Å². The molecule has 4 nitrogen and oxygen atoms in total. The number of rotatable bonds is 2. The molecular weight excluding hydrogens is 180 g/mol. The van der Waals surface area contributed by atoms with Gasteiger partial charge in [-0.25, -0.2) is 8.78 Å². The number of nitrogens with zero attached hydrogens (tertiary/aromatic N) is 2. The zero-order valence-corrected chi connectivity index (χ0v) is 6.79. The summed E-state index contributed by atoms with van der Waals surface area (Å²) in [5, 5.41) is 8.76. The van der Waals surface area contributed by atoms with E-state index in [1.165, 1.54) is 7.05 Å². The van der Waals surface area contributed by atoms with E-state index >= 15 is 0 Å². The van der Waals surface area contributed by atoms with Crippen LogP contribution in [0.25, 0.3) is 0 Å². The Bertz CT molecular complexity index is 316. The molecule has 0 fully saturated rings. The second-order valence-electron chi connectivity index (χ2n) is 2.25. The van der Waals surface area contributed by atoms with Gasteiger partial charge in [-0.3, -0.25) is 4.79 Å². The van der Waals surface area contributed by atoms with Gasteiger partial charge in [0, 0.05) is 7.05 Å². The number of amides is 1. The largest absolute Gasteiger partial charge is 0.355 e. The Morgan fingerprint density at radius 1 is 1.62 bits per heavy atom. The van der Waals surface area contributed by atoms with Crippen LogP contribution in [0, 0.1) is 0 Å². The molecule has 0 aliphatic heterocycles. The molecule has 70 valence electrons. The molecule has 13 heavy (non-hydrogen) atoms. The van der Waals surface area contributed by atoms with E-state index < -0.39 is 18.0 Å². The highest BCUT2D eigenvalue weighted by Crippen LogP contribution is 2.15. The molecule has 1 amide bonds. The fourth-order valence-corrected chi connectivity index (χ4v) is 0.758. The van der Waals surface area contributed by atoms with Gasteiger partial charge in [-0.15, -0.1) is 5.10 Å². The third-order valence-corrected chi connectivity index (χ3v) is 1.39. The number of hydrogen-bond acceptors (Lipinski definition) is 3.